The van der Waals surface area contributed by atoms with Gasteiger partial charge in [-0.1, -0.05) is 140 Å². The van der Waals surface area contributed by atoms with Crippen LogP contribution in [0.4, 0.5) is 0 Å². The second-order valence-corrected chi connectivity index (χ2v) is 13.6. The highest BCUT2D eigenvalue weighted by Crippen LogP contribution is 2.36. The maximum absolute atomic E-state index is 6.25. The van der Waals surface area contributed by atoms with Crippen LogP contribution in [0.25, 0.3) is 111 Å². The maximum Gasteiger partial charge on any atom is 0.164 e. The molecular weight excluding hydrogens is 663 g/mol. The molecule has 0 N–H and O–H groups in total. The minimum Gasteiger partial charge on any atom is -0.456 e. The van der Waals surface area contributed by atoms with Gasteiger partial charge in [0.25, 0.3) is 0 Å². The fourth-order valence-electron chi connectivity index (χ4n) is 7.62. The summed E-state index contributed by atoms with van der Waals surface area (Å²) >= 11 is 0. The molecule has 54 heavy (non-hydrogen) atoms. The molecule has 8 aromatic carbocycles. The smallest absolute Gasteiger partial charge is 0.164 e. The standard InChI is InChI=1S/C49H29N3O2/c1-2-10-37-31(8-1)9-7-13-38(37)32-18-22-34(23-19-32)48-50-47(51-49(52-48)36-25-27-42-40-12-4-6-15-44(40)54-46(42)29-36)33-20-16-30(17-21-33)35-24-26-41-39-11-3-5-14-43(39)53-45(41)28-35/h1-29H. The van der Waals surface area contributed by atoms with E-state index in [0.29, 0.717) is 17.5 Å². The van der Waals surface area contributed by atoms with Crippen molar-refractivity contribution < 1.29 is 8.83 Å². The van der Waals surface area contributed by atoms with Crippen LogP contribution < -0.4 is 0 Å². The third-order valence-electron chi connectivity index (χ3n) is 10.4. The molecule has 11 aromatic rings. The van der Waals surface area contributed by atoms with E-state index in [1.807, 2.05) is 42.5 Å². The van der Waals surface area contributed by atoms with Crippen molar-refractivity contribution in [3.63, 3.8) is 0 Å². The van der Waals surface area contributed by atoms with Crippen molar-refractivity contribution in [3.8, 4) is 56.4 Å². The van der Waals surface area contributed by atoms with E-state index in [1.54, 1.807) is 0 Å². The number of rotatable bonds is 5. The highest BCUT2D eigenvalue weighted by molar-refractivity contribution is 6.07. The van der Waals surface area contributed by atoms with Crippen LogP contribution in [-0.2, 0) is 0 Å². The molecule has 252 valence electrons. The van der Waals surface area contributed by atoms with Gasteiger partial charge in [-0.3, -0.25) is 0 Å². The first-order valence-corrected chi connectivity index (χ1v) is 18.0. The van der Waals surface area contributed by atoms with Crippen molar-refractivity contribution in [1.29, 1.82) is 0 Å². The Labute approximate surface area is 309 Å². The predicted molar refractivity (Wildman–Crippen MR) is 219 cm³/mol. The van der Waals surface area contributed by atoms with Gasteiger partial charge in [-0.25, -0.2) is 15.0 Å². The number of nitrogens with zero attached hydrogens (tertiary/aromatic N) is 3. The molecule has 0 bridgehead atoms. The third kappa shape index (κ3) is 5.06. The van der Waals surface area contributed by atoms with Gasteiger partial charge in [-0.2, -0.15) is 0 Å². The summed E-state index contributed by atoms with van der Waals surface area (Å²) in [5.41, 5.74) is 10.6. The van der Waals surface area contributed by atoms with Gasteiger partial charge in [-0.05, 0) is 69.4 Å². The van der Waals surface area contributed by atoms with Gasteiger partial charge in [-0.15, -0.1) is 0 Å². The van der Waals surface area contributed by atoms with Crippen molar-refractivity contribution in [3.05, 3.63) is 176 Å². The third-order valence-corrected chi connectivity index (χ3v) is 10.4. The molecule has 0 spiro atoms. The minimum absolute atomic E-state index is 0.579. The molecule has 0 radical (unpaired) electrons. The molecule has 0 saturated heterocycles. The summed E-state index contributed by atoms with van der Waals surface area (Å²) in [7, 11) is 0. The lowest BCUT2D eigenvalue weighted by atomic mass is 9.97. The molecule has 5 nitrogen and oxygen atoms in total. The van der Waals surface area contributed by atoms with Gasteiger partial charge in [0, 0.05) is 38.2 Å². The highest BCUT2D eigenvalue weighted by Gasteiger charge is 2.16. The number of benzene rings is 8. The molecule has 0 aliphatic rings. The molecule has 0 atom stereocenters. The van der Waals surface area contributed by atoms with Crippen molar-refractivity contribution in [1.82, 2.24) is 15.0 Å². The van der Waals surface area contributed by atoms with E-state index in [0.717, 1.165) is 77.3 Å². The Bertz CT molecular complexity index is 3210. The van der Waals surface area contributed by atoms with Crippen molar-refractivity contribution >= 4 is 54.6 Å². The average Bonchev–Trinajstić information content (AvgIpc) is 3.81. The van der Waals surface area contributed by atoms with Crippen molar-refractivity contribution in [2.45, 2.75) is 0 Å². The van der Waals surface area contributed by atoms with Crippen LogP contribution in [0.2, 0.25) is 0 Å². The zero-order valence-corrected chi connectivity index (χ0v) is 28.9. The SMILES string of the molecule is c1ccc2c(-c3ccc(-c4nc(-c5ccc(-c6ccc7c(c6)oc6ccccc67)cc5)nc(-c5ccc6c(c5)oc5ccccc56)n4)cc3)cccc2c1. The fourth-order valence-corrected chi connectivity index (χ4v) is 7.62. The van der Waals surface area contributed by atoms with Crippen LogP contribution >= 0.6 is 0 Å². The molecule has 0 aliphatic heterocycles. The first-order chi connectivity index (χ1) is 26.7. The Morgan fingerprint density at radius 1 is 0.278 bits per heavy atom. The Hall–Kier alpha value is -7.37. The topological polar surface area (TPSA) is 65.0 Å². The lowest BCUT2D eigenvalue weighted by Gasteiger charge is -2.10. The fraction of sp³-hybridized carbons (Fsp3) is 0. The molecule has 0 unspecified atom stereocenters. The normalized spacial score (nSPS) is 11.7. The monoisotopic (exact) mass is 691 g/mol. The summed E-state index contributed by atoms with van der Waals surface area (Å²) in [6.07, 6.45) is 0. The van der Waals surface area contributed by atoms with Crippen LogP contribution in [0.1, 0.15) is 0 Å². The number of hydrogen-bond acceptors (Lipinski definition) is 5. The Kier molecular flexibility index (Phi) is 6.79. The predicted octanol–water partition coefficient (Wildman–Crippen LogP) is 13.2. The largest absolute Gasteiger partial charge is 0.456 e. The van der Waals surface area contributed by atoms with Crippen LogP contribution in [0.5, 0.6) is 0 Å². The zero-order chi connectivity index (χ0) is 35.6. The second kappa shape index (κ2) is 12.1. The number of para-hydroxylation sites is 2. The number of furan rings is 2. The molecular formula is C49H29N3O2. The average molecular weight is 692 g/mol. The summed E-state index contributed by atoms with van der Waals surface area (Å²) in [5, 5.41) is 6.82. The van der Waals surface area contributed by atoms with Gasteiger partial charge >= 0.3 is 0 Å². The van der Waals surface area contributed by atoms with E-state index in [1.165, 1.54) is 16.3 Å². The van der Waals surface area contributed by atoms with Crippen molar-refractivity contribution in [2.24, 2.45) is 0 Å². The van der Waals surface area contributed by atoms with Crippen LogP contribution in [0.15, 0.2) is 185 Å². The molecule has 0 aliphatic carbocycles. The lowest BCUT2D eigenvalue weighted by Crippen LogP contribution is -2.00. The van der Waals surface area contributed by atoms with Gasteiger partial charge in [0.15, 0.2) is 17.5 Å². The summed E-state index contributed by atoms with van der Waals surface area (Å²) in [5.74, 6) is 1.77. The minimum atomic E-state index is 0.579. The van der Waals surface area contributed by atoms with Gasteiger partial charge in [0.1, 0.15) is 22.3 Å². The number of hydrogen-bond donors (Lipinski definition) is 0. The number of fused-ring (bicyclic) bond motifs is 7. The molecule has 0 fully saturated rings. The van der Waals surface area contributed by atoms with Crippen LogP contribution in [-0.4, -0.2) is 15.0 Å². The van der Waals surface area contributed by atoms with E-state index in [-0.39, 0.29) is 0 Å². The summed E-state index contributed by atoms with van der Waals surface area (Å²) in [6.45, 7) is 0. The Morgan fingerprint density at radius 3 is 1.33 bits per heavy atom. The first kappa shape index (κ1) is 30.3. The van der Waals surface area contributed by atoms with E-state index >= 15 is 0 Å². The molecule has 3 heterocycles. The number of aromatic nitrogens is 3. The highest BCUT2D eigenvalue weighted by atomic mass is 16.3. The quantitative estimate of drug-likeness (QED) is 0.180. The molecule has 0 amide bonds. The zero-order valence-electron chi connectivity index (χ0n) is 28.9. The molecule has 3 aromatic heterocycles. The Balaban J connectivity index is 1.00. The van der Waals surface area contributed by atoms with Gasteiger partial charge in [0.05, 0.1) is 0 Å². The second-order valence-electron chi connectivity index (χ2n) is 13.6. The molecule has 11 rings (SSSR count). The van der Waals surface area contributed by atoms with E-state index in [2.05, 4.69) is 133 Å². The lowest BCUT2D eigenvalue weighted by molar-refractivity contribution is 0.668. The molecule has 5 heteroatoms. The van der Waals surface area contributed by atoms with E-state index in [4.69, 9.17) is 23.8 Å². The summed E-state index contributed by atoms with van der Waals surface area (Å²) in [6, 6.07) is 60.6. The summed E-state index contributed by atoms with van der Waals surface area (Å²) in [4.78, 5) is 15.2. The summed E-state index contributed by atoms with van der Waals surface area (Å²) < 4.78 is 12.4. The molecule has 0 saturated carbocycles. The van der Waals surface area contributed by atoms with E-state index < -0.39 is 0 Å². The Morgan fingerprint density at radius 2 is 0.704 bits per heavy atom. The van der Waals surface area contributed by atoms with Crippen LogP contribution in [0.3, 0.4) is 0 Å². The maximum atomic E-state index is 6.25. The first-order valence-electron chi connectivity index (χ1n) is 18.0. The van der Waals surface area contributed by atoms with Crippen molar-refractivity contribution in [2.75, 3.05) is 0 Å². The van der Waals surface area contributed by atoms with Gasteiger partial charge in [0.2, 0.25) is 0 Å². The van der Waals surface area contributed by atoms with Gasteiger partial charge < -0.3 is 8.83 Å². The van der Waals surface area contributed by atoms with E-state index in [9.17, 15) is 0 Å². The van der Waals surface area contributed by atoms with Crippen LogP contribution in [0, 0.1) is 0 Å².